The van der Waals surface area contributed by atoms with Crippen molar-refractivity contribution in [3.05, 3.63) is 35.4 Å². The third-order valence-corrected chi connectivity index (χ3v) is 3.11. The third-order valence-electron chi connectivity index (χ3n) is 3.11. The van der Waals surface area contributed by atoms with Gasteiger partial charge in [0.1, 0.15) is 0 Å². The zero-order valence-electron chi connectivity index (χ0n) is 10.6. The molecule has 1 N–H and O–H groups in total. The summed E-state index contributed by atoms with van der Waals surface area (Å²) in [5.41, 5.74) is 2.26. The maximum Gasteiger partial charge on any atom is 0.0681 e. The monoisotopic (exact) mass is 235 g/mol. The summed E-state index contributed by atoms with van der Waals surface area (Å²) in [7, 11) is 0. The van der Waals surface area contributed by atoms with Crippen LogP contribution in [-0.4, -0.2) is 35.3 Å². The molecule has 0 spiro atoms. The number of aliphatic hydroxyl groups is 1. The molecule has 1 aliphatic heterocycles. The highest BCUT2D eigenvalue weighted by molar-refractivity contribution is 5.21. The highest BCUT2D eigenvalue weighted by Gasteiger charge is 2.21. The summed E-state index contributed by atoms with van der Waals surface area (Å²) in [4.78, 5) is 2.42. The molecule has 1 aromatic rings. The van der Waals surface area contributed by atoms with E-state index in [0.717, 1.165) is 25.2 Å². The van der Waals surface area contributed by atoms with E-state index in [-0.39, 0.29) is 6.61 Å². The van der Waals surface area contributed by atoms with E-state index in [0.29, 0.717) is 12.2 Å². The first-order valence-corrected chi connectivity index (χ1v) is 6.24. The number of rotatable bonds is 3. The Kier molecular flexibility index (Phi) is 4.15. The summed E-state index contributed by atoms with van der Waals surface area (Å²) < 4.78 is 5.72. The van der Waals surface area contributed by atoms with Crippen LogP contribution in [0.1, 0.15) is 25.0 Å². The van der Waals surface area contributed by atoms with Gasteiger partial charge in [-0.3, -0.25) is 4.90 Å². The Morgan fingerprint density at radius 2 is 1.65 bits per heavy atom. The van der Waals surface area contributed by atoms with Gasteiger partial charge in [0.05, 0.1) is 18.8 Å². The van der Waals surface area contributed by atoms with E-state index in [1.807, 2.05) is 12.1 Å². The Balaban J connectivity index is 1.95. The summed E-state index contributed by atoms with van der Waals surface area (Å²) in [6, 6.07) is 8.16. The van der Waals surface area contributed by atoms with Gasteiger partial charge in [-0.15, -0.1) is 0 Å². The largest absolute Gasteiger partial charge is 0.392 e. The normalized spacial score (nSPS) is 26.1. The summed E-state index contributed by atoms with van der Waals surface area (Å²) in [6.07, 6.45) is 0.630. The second kappa shape index (κ2) is 5.63. The fraction of sp³-hybridized carbons (Fsp3) is 0.571. The minimum absolute atomic E-state index is 0.117. The van der Waals surface area contributed by atoms with E-state index >= 15 is 0 Å². The number of morpholine rings is 1. The molecule has 0 saturated carbocycles. The van der Waals surface area contributed by atoms with Crippen molar-refractivity contribution >= 4 is 0 Å². The molecule has 0 aliphatic carbocycles. The smallest absolute Gasteiger partial charge is 0.0681 e. The van der Waals surface area contributed by atoms with E-state index in [2.05, 4.69) is 30.9 Å². The van der Waals surface area contributed by atoms with Crippen molar-refractivity contribution in [3.63, 3.8) is 0 Å². The van der Waals surface area contributed by atoms with Crippen molar-refractivity contribution in [2.75, 3.05) is 13.1 Å². The number of hydrogen-bond acceptors (Lipinski definition) is 3. The average Bonchev–Trinajstić information content (AvgIpc) is 2.28. The number of nitrogens with zero attached hydrogens (tertiary/aromatic N) is 1. The number of hydrogen-bond donors (Lipinski definition) is 1. The van der Waals surface area contributed by atoms with Gasteiger partial charge < -0.3 is 9.84 Å². The summed E-state index contributed by atoms with van der Waals surface area (Å²) in [5, 5.41) is 8.99. The lowest BCUT2D eigenvalue weighted by Crippen LogP contribution is -2.44. The van der Waals surface area contributed by atoms with Crippen molar-refractivity contribution in [2.24, 2.45) is 0 Å². The zero-order valence-corrected chi connectivity index (χ0v) is 10.6. The molecule has 1 aromatic carbocycles. The molecule has 1 heterocycles. The molecule has 1 aliphatic rings. The number of benzene rings is 1. The lowest BCUT2D eigenvalue weighted by atomic mass is 10.1. The van der Waals surface area contributed by atoms with Crippen molar-refractivity contribution in [1.29, 1.82) is 0 Å². The summed E-state index contributed by atoms with van der Waals surface area (Å²) >= 11 is 0. The molecule has 0 bridgehead atoms. The van der Waals surface area contributed by atoms with E-state index < -0.39 is 0 Å². The molecule has 2 rings (SSSR count). The molecule has 0 unspecified atom stereocenters. The van der Waals surface area contributed by atoms with Gasteiger partial charge in [-0.2, -0.15) is 0 Å². The van der Waals surface area contributed by atoms with Crippen LogP contribution >= 0.6 is 0 Å². The SMILES string of the molecule is C[C@@H]1CN(Cc2ccc(CO)cc2)C[C@H](C)O1. The summed E-state index contributed by atoms with van der Waals surface area (Å²) in [5.74, 6) is 0. The molecule has 1 fully saturated rings. The van der Waals surface area contributed by atoms with E-state index in [1.165, 1.54) is 5.56 Å². The highest BCUT2D eigenvalue weighted by Crippen LogP contribution is 2.14. The molecule has 1 saturated heterocycles. The van der Waals surface area contributed by atoms with Crippen LogP contribution in [0.3, 0.4) is 0 Å². The molecular weight excluding hydrogens is 214 g/mol. The van der Waals surface area contributed by atoms with Crippen LogP contribution in [0.25, 0.3) is 0 Å². The Morgan fingerprint density at radius 3 is 2.18 bits per heavy atom. The van der Waals surface area contributed by atoms with Crippen molar-refractivity contribution in [1.82, 2.24) is 4.90 Å². The van der Waals surface area contributed by atoms with Gasteiger partial charge in [-0.25, -0.2) is 0 Å². The van der Waals surface area contributed by atoms with Gasteiger partial charge in [0, 0.05) is 19.6 Å². The fourth-order valence-electron chi connectivity index (χ4n) is 2.42. The van der Waals surface area contributed by atoms with Gasteiger partial charge in [0.2, 0.25) is 0 Å². The average molecular weight is 235 g/mol. The van der Waals surface area contributed by atoms with E-state index in [4.69, 9.17) is 9.84 Å². The molecule has 3 nitrogen and oxygen atoms in total. The maximum atomic E-state index is 8.99. The lowest BCUT2D eigenvalue weighted by molar-refractivity contribution is -0.0704. The Hall–Kier alpha value is -0.900. The Labute approximate surface area is 103 Å². The van der Waals surface area contributed by atoms with E-state index in [1.54, 1.807) is 0 Å². The molecule has 0 aromatic heterocycles. The van der Waals surface area contributed by atoms with Gasteiger partial charge in [-0.05, 0) is 25.0 Å². The van der Waals surface area contributed by atoms with Crippen LogP contribution in [0.4, 0.5) is 0 Å². The van der Waals surface area contributed by atoms with Crippen LogP contribution < -0.4 is 0 Å². The van der Waals surface area contributed by atoms with E-state index in [9.17, 15) is 0 Å². The number of ether oxygens (including phenoxy) is 1. The van der Waals surface area contributed by atoms with Crippen LogP contribution in [-0.2, 0) is 17.9 Å². The fourth-order valence-corrected chi connectivity index (χ4v) is 2.42. The van der Waals surface area contributed by atoms with Gasteiger partial charge in [-0.1, -0.05) is 24.3 Å². The van der Waals surface area contributed by atoms with Crippen LogP contribution in [0.15, 0.2) is 24.3 Å². The predicted octanol–water partition coefficient (Wildman–Crippen LogP) is 1.79. The van der Waals surface area contributed by atoms with Crippen LogP contribution in [0, 0.1) is 0 Å². The minimum atomic E-state index is 0.117. The first kappa shape index (κ1) is 12.6. The minimum Gasteiger partial charge on any atom is -0.392 e. The second-order valence-corrected chi connectivity index (χ2v) is 4.93. The summed E-state index contributed by atoms with van der Waals surface area (Å²) in [6.45, 7) is 7.31. The quantitative estimate of drug-likeness (QED) is 0.867. The third kappa shape index (κ3) is 3.53. The van der Waals surface area contributed by atoms with Crippen molar-refractivity contribution < 1.29 is 9.84 Å². The highest BCUT2D eigenvalue weighted by atomic mass is 16.5. The first-order valence-electron chi connectivity index (χ1n) is 6.24. The van der Waals surface area contributed by atoms with Gasteiger partial charge >= 0.3 is 0 Å². The van der Waals surface area contributed by atoms with Gasteiger partial charge in [0.15, 0.2) is 0 Å². The molecule has 3 heteroatoms. The zero-order chi connectivity index (χ0) is 12.3. The predicted molar refractivity (Wildman–Crippen MR) is 67.7 cm³/mol. The first-order chi connectivity index (χ1) is 8.17. The Morgan fingerprint density at radius 1 is 1.12 bits per heavy atom. The molecule has 17 heavy (non-hydrogen) atoms. The second-order valence-electron chi connectivity index (χ2n) is 4.93. The number of aliphatic hydroxyl groups excluding tert-OH is 1. The molecular formula is C14H21NO2. The van der Waals surface area contributed by atoms with Gasteiger partial charge in [0.25, 0.3) is 0 Å². The molecule has 0 radical (unpaired) electrons. The lowest BCUT2D eigenvalue weighted by Gasteiger charge is -2.35. The topological polar surface area (TPSA) is 32.7 Å². The molecule has 0 amide bonds. The molecule has 94 valence electrons. The van der Waals surface area contributed by atoms with Crippen LogP contribution in [0.2, 0.25) is 0 Å². The van der Waals surface area contributed by atoms with Crippen molar-refractivity contribution in [2.45, 2.75) is 39.2 Å². The maximum absolute atomic E-state index is 8.99. The van der Waals surface area contributed by atoms with Crippen molar-refractivity contribution in [3.8, 4) is 0 Å². The Bertz CT molecular complexity index is 340. The molecule has 2 atom stereocenters. The standard InChI is InChI=1S/C14H21NO2/c1-11-7-15(8-12(2)17-11)9-13-3-5-14(10-16)6-4-13/h3-6,11-12,16H,7-10H2,1-2H3/t11-,12+. The van der Waals surface area contributed by atoms with Crippen LogP contribution in [0.5, 0.6) is 0 Å².